The van der Waals surface area contributed by atoms with Gasteiger partial charge >= 0.3 is 6.03 Å². The first-order valence-corrected chi connectivity index (χ1v) is 6.10. The third-order valence-corrected chi connectivity index (χ3v) is 2.88. The summed E-state index contributed by atoms with van der Waals surface area (Å²) in [5, 5.41) is 14.4. The molecule has 0 aliphatic rings. The van der Waals surface area contributed by atoms with E-state index in [0.29, 0.717) is 27.6 Å². The Balaban J connectivity index is 2.09. The Morgan fingerprint density at radius 3 is 2.50 bits per heavy atom. The maximum absolute atomic E-state index is 11.8. The number of benzene rings is 2. The highest BCUT2D eigenvalue weighted by atomic mass is 35.5. The van der Waals surface area contributed by atoms with Crippen LogP contribution in [0, 0.1) is 11.3 Å². The Kier molecular flexibility index (Phi) is 4.08. The van der Waals surface area contributed by atoms with Crippen molar-refractivity contribution in [3.05, 3.63) is 53.1 Å². The number of nitrogens with one attached hydrogen (secondary N) is 2. The normalized spacial score (nSPS) is 9.60. The highest BCUT2D eigenvalue weighted by Gasteiger charge is 2.07. The van der Waals surface area contributed by atoms with Crippen molar-refractivity contribution in [1.82, 2.24) is 0 Å². The number of hydrogen-bond acceptors (Lipinski definition) is 3. The van der Waals surface area contributed by atoms with Crippen LogP contribution in [0.25, 0.3) is 0 Å². The molecule has 0 atom stereocenters. The quantitative estimate of drug-likeness (QED) is 0.739. The average Bonchev–Trinajstić information content (AvgIpc) is 2.43. The average molecular weight is 287 g/mol. The van der Waals surface area contributed by atoms with Crippen molar-refractivity contribution in [2.75, 3.05) is 16.4 Å². The zero-order valence-electron chi connectivity index (χ0n) is 10.4. The lowest BCUT2D eigenvalue weighted by molar-refractivity contribution is 0.262. The molecule has 2 aromatic carbocycles. The zero-order valence-corrected chi connectivity index (χ0v) is 11.1. The highest BCUT2D eigenvalue weighted by Crippen LogP contribution is 2.22. The van der Waals surface area contributed by atoms with Gasteiger partial charge in [0.15, 0.2) is 0 Å². The smallest absolute Gasteiger partial charge is 0.323 e. The fraction of sp³-hybridized carbons (Fsp3) is 0. The van der Waals surface area contributed by atoms with Crippen LogP contribution < -0.4 is 16.4 Å². The van der Waals surface area contributed by atoms with Gasteiger partial charge in [-0.15, -0.1) is 0 Å². The summed E-state index contributed by atoms with van der Waals surface area (Å²) in [4.78, 5) is 11.8. The van der Waals surface area contributed by atoms with E-state index in [1.807, 2.05) is 6.07 Å². The molecule has 0 heterocycles. The molecule has 5 nitrogen and oxygen atoms in total. The van der Waals surface area contributed by atoms with Crippen molar-refractivity contribution in [2.24, 2.45) is 0 Å². The molecule has 0 fully saturated rings. The molecule has 20 heavy (non-hydrogen) atoms. The molecule has 0 aromatic heterocycles. The number of para-hydroxylation sites is 1. The number of urea groups is 1. The molecule has 0 aliphatic heterocycles. The number of rotatable bonds is 2. The summed E-state index contributed by atoms with van der Waals surface area (Å²) in [6.45, 7) is 0. The number of nitrogen functional groups attached to an aromatic ring is 1. The van der Waals surface area contributed by atoms with Crippen LogP contribution in [0.3, 0.4) is 0 Å². The Morgan fingerprint density at radius 2 is 1.85 bits per heavy atom. The van der Waals surface area contributed by atoms with Gasteiger partial charge in [0.2, 0.25) is 0 Å². The first-order valence-electron chi connectivity index (χ1n) is 5.72. The van der Waals surface area contributed by atoms with E-state index in [9.17, 15) is 4.79 Å². The minimum atomic E-state index is -0.463. The molecular weight excluding hydrogens is 276 g/mol. The topological polar surface area (TPSA) is 90.9 Å². The third-order valence-electron chi connectivity index (χ3n) is 2.55. The second-order valence-corrected chi connectivity index (χ2v) is 4.38. The number of halogens is 1. The molecule has 100 valence electrons. The minimum absolute atomic E-state index is 0.318. The van der Waals surface area contributed by atoms with E-state index in [-0.39, 0.29) is 0 Å². The summed E-state index contributed by atoms with van der Waals surface area (Å²) in [5.74, 6) is 0. The molecule has 4 N–H and O–H groups in total. The first-order chi connectivity index (χ1) is 9.60. The third kappa shape index (κ3) is 3.19. The molecule has 0 unspecified atom stereocenters. The van der Waals surface area contributed by atoms with E-state index in [1.54, 1.807) is 36.4 Å². The van der Waals surface area contributed by atoms with Crippen LogP contribution in [0.5, 0.6) is 0 Å². The molecule has 2 rings (SSSR count). The number of nitriles is 1. The molecule has 0 spiro atoms. The molecule has 0 bridgehead atoms. The van der Waals surface area contributed by atoms with Gasteiger partial charge in [0.1, 0.15) is 0 Å². The SMILES string of the molecule is N#Cc1ccc(NC(=O)Nc2ccccc2Cl)c(N)c1. The monoisotopic (exact) mass is 286 g/mol. The van der Waals surface area contributed by atoms with Crippen LogP contribution in [0.2, 0.25) is 5.02 Å². The van der Waals surface area contributed by atoms with E-state index >= 15 is 0 Å². The van der Waals surface area contributed by atoms with E-state index in [4.69, 9.17) is 22.6 Å². The highest BCUT2D eigenvalue weighted by molar-refractivity contribution is 6.33. The summed E-state index contributed by atoms with van der Waals surface area (Å²) in [5.41, 5.74) is 7.42. The minimum Gasteiger partial charge on any atom is -0.397 e. The number of hydrogen-bond donors (Lipinski definition) is 3. The van der Waals surface area contributed by atoms with Gasteiger partial charge in [-0.25, -0.2) is 4.79 Å². The van der Waals surface area contributed by atoms with Crippen molar-refractivity contribution in [3.8, 4) is 6.07 Å². The Bertz CT molecular complexity index is 694. The number of nitrogens with two attached hydrogens (primary N) is 1. The molecule has 0 radical (unpaired) electrons. The standard InChI is InChI=1S/C14H11ClN4O/c15-10-3-1-2-4-12(10)18-14(20)19-13-6-5-9(8-16)7-11(13)17/h1-7H,17H2,(H2,18,19,20). The second-order valence-electron chi connectivity index (χ2n) is 3.97. The second kappa shape index (κ2) is 5.95. The lowest BCUT2D eigenvalue weighted by atomic mass is 10.2. The molecular formula is C14H11ClN4O. The Labute approximate surface area is 121 Å². The predicted octanol–water partition coefficient (Wildman–Crippen LogP) is 3.44. The van der Waals surface area contributed by atoms with Crippen molar-refractivity contribution >= 4 is 34.7 Å². The van der Waals surface area contributed by atoms with Crippen LogP contribution in [0.1, 0.15) is 5.56 Å². The van der Waals surface area contributed by atoms with Gasteiger partial charge in [0.25, 0.3) is 0 Å². The summed E-state index contributed by atoms with van der Waals surface area (Å²) < 4.78 is 0. The van der Waals surface area contributed by atoms with Crippen LogP contribution in [0.4, 0.5) is 21.9 Å². The number of nitrogens with zero attached hydrogens (tertiary/aromatic N) is 1. The van der Waals surface area contributed by atoms with Crippen LogP contribution in [-0.2, 0) is 0 Å². The van der Waals surface area contributed by atoms with Gasteiger partial charge in [0.05, 0.1) is 33.7 Å². The Hall–Kier alpha value is -2.71. The van der Waals surface area contributed by atoms with Gasteiger partial charge in [-0.2, -0.15) is 5.26 Å². The van der Waals surface area contributed by atoms with E-state index in [2.05, 4.69) is 10.6 Å². The first kappa shape index (κ1) is 13.7. The number of amides is 2. The Morgan fingerprint density at radius 1 is 1.15 bits per heavy atom. The fourth-order valence-electron chi connectivity index (χ4n) is 1.58. The van der Waals surface area contributed by atoms with E-state index < -0.39 is 6.03 Å². The summed E-state index contributed by atoms with van der Waals surface area (Å²) in [6, 6.07) is 13.0. The maximum atomic E-state index is 11.8. The van der Waals surface area contributed by atoms with Crippen molar-refractivity contribution < 1.29 is 4.79 Å². The van der Waals surface area contributed by atoms with Crippen LogP contribution >= 0.6 is 11.6 Å². The van der Waals surface area contributed by atoms with E-state index in [1.165, 1.54) is 6.07 Å². The van der Waals surface area contributed by atoms with Crippen molar-refractivity contribution in [3.63, 3.8) is 0 Å². The largest absolute Gasteiger partial charge is 0.397 e. The summed E-state index contributed by atoms with van der Waals surface area (Å²) in [6.07, 6.45) is 0. The van der Waals surface area contributed by atoms with Crippen molar-refractivity contribution in [1.29, 1.82) is 5.26 Å². The van der Waals surface area contributed by atoms with Crippen LogP contribution in [-0.4, -0.2) is 6.03 Å². The molecule has 6 heteroatoms. The van der Waals surface area contributed by atoms with Crippen LogP contribution in [0.15, 0.2) is 42.5 Å². The summed E-state index contributed by atoms with van der Waals surface area (Å²) >= 11 is 5.94. The molecule has 2 aromatic rings. The molecule has 0 aliphatic carbocycles. The summed E-state index contributed by atoms with van der Waals surface area (Å²) in [7, 11) is 0. The lowest BCUT2D eigenvalue weighted by Crippen LogP contribution is -2.20. The van der Waals surface area contributed by atoms with Gasteiger partial charge < -0.3 is 16.4 Å². The van der Waals surface area contributed by atoms with Gasteiger partial charge in [0, 0.05) is 0 Å². The van der Waals surface area contributed by atoms with Crippen molar-refractivity contribution in [2.45, 2.75) is 0 Å². The number of anilines is 3. The zero-order chi connectivity index (χ0) is 14.5. The molecule has 0 saturated carbocycles. The van der Waals surface area contributed by atoms with Gasteiger partial charge in [-0.1, -0.05) is 23.7 Å². The number of carbonyl (C=O) groups excluding carboxylic acids is 1. The molecule has 2 amide bonds. The maximum Gasteiger partial charge on any atom is 0.323 e. The number of carbonyl (C=O) groups is 1. The fourth-order valence-corrected chi connectivity index (χ4v) is 1.77. The van der Waals surface area contributed by atoms with Gasteiger partial charge in [-0.3, -0.25) is 0 Å². The van der Waals surface area contributed by atoms with Gasteiger partial charge in [-0.05, 0) is 30.3 Å². The molecule has 0 saturated heterocycles. The lowest BCUT2D eigenvalue weighted by Gasteiger charge is -2.10. The van der Waals surface area contributed by atoms with E-state index in [0.717, 1.165) is 0 Å². The predicted molar refractivity (Wildman–Crippen MR) is 79.7 cm³/mol.